The van der Waals surface area contributed by atoms with Crippen LogP contribution in [0, 0.1) is 10.1 Å². The number of nitro benzene ring substituents is 1. The topological polar surface area (TPSA) is 55.6 Å². The minimum Gasteiger partial charge on any atom is -0.489 e. The zero-order valence-electron chi connectivity index (χ0n) is 11.7. The summed E-state index contributed by atoms with van der Waals surface area (Å²) in [6, 6.07) is 5.23. The van der Waals surface area contributed by atoms with Gasteiger partial charge in [-0.15, -0.1) is 0 Å². The first-order valence-corrected chi connectivity index (χ1v) is 7.34. The van der Waals surface area contributed by atoms with Crippen molar-refractivity contribution in [2.24, 2.45) is 0 Å². The van der Waals surface area contributed by atoms with E-state index in [0.717, 1.165) is 44.5 Å². The van der Waals surface area contributed by atoms with Crippen LogP contribution in [-0.2, 0) is 0 Å². The fraction of sp³-hybridized carbons (Fsp3) is 0.600. The molecule has 3 rings (SSSR count). The summed E-state index contributed by atoms with van der Waals surface area (Å²) in [5.74, 6) is 1.15. The third-order valence-electron chi connectivity index (χ3n) is 4.15. The Labute approximate surface area is 118 Å². The maximum atomic E-state index is 11.0. The number of ether oxygens (including phenoxy) is 1. The van der Waals surface area contributed by atoms with Crippen molar-refractivity contribution >= 4 is 5.69 Å². The maximum absolute atomic E-state index is 11.0. The summed E-state index contributed by atoms with van der Waals surface area (Å²) in [7, 11) is 0. The fourth-order valence-corrected chi connectivity index (χ4v) is 2.80. The van der Waals surface area contributed by atoms with E-state index in [2.05, 4.69) is 11.8 Å². The highest BCUT2D eigenvalue weighted by molar-refractivity contribution is 5.45. The highest BCUT2D eigenvalue weighted by atomic mass is 16.6. The van der Waals surface area contributed by atoms with Crippen LogP contribution >= 0.6 is 0 Å². The number of hydrogen-bond donors (Lipinski definition) is 0. The Morgan fingerprint density at radius 1 is 1.35 bits per heavy atom. The number of hydrogen-bond acceptors (Lipinski definition) is 4. The summed E-state index contributed by atoms with van der Waals surface area (Å²) < 4.78 is 5.97. The third-order valence-corrected chi connectivity index (χ3v) is 4.15. The van der Waals surface area contributed by atoms with Crippen LogP contribution in [0.25, 0.3) is 0 Å². The molecule has 20 heavy (non-hydrogen) atoms. The Hall–Kier alpha value is -1.62. The molecule has 0 bridgehead atoms. The number of likely N-dealkylation sites (N-methyl/N-ethyl adjacent to an activating group) is 1. The number of benzene rings is 1. The summed E-state index contributed by atoms with van der Waals surface area (Å²) in [5.41, 5.74) is 1.20. The van der Waals surface area contributed by atoms with Crippen LogP contribution in [0.1, 0.15) is 37.7 Å². The molecule has 0 N–H and O–H groups in total. The number of rotatable bonds is 5. The Kier molecular flexibility index (Phi) is 3.61. The second-order valence-electron chi connectivity index (χ2n) is 5.71. The highest BCUT2D eigenvalue weighted by Crippen LogP contribution is 2.42. The maximum Gasteiger partial charge on any atom is 0.273 e. The molecule has 1 saturated carbocycles. The van der Waals surface area contributed by atoms with Crippen molar-refractivity contribution in [3.8, 4) is 5.75 Å². The van der Waals surface area contributed by atoms with Crippen LogP contribution < -0.4 is 4.74 Å². The SMILES string of the molecule is CCN1CC[C@@H](Oc2cc(C3CC3)cc([N+](=O)[O-])c2)C1. The number of likely N-dealkylation sites (tertiary alicyclic amines) is 1. The van der Waals surface area contributed by atoms with E-state index in [9.17, 15) is 10.1 Å². The Bertz CT molecular complexity index is 514. The van der Waals surface area contributed by atoms with Gasteiger partial charge in [-0.1, -0.05) is 6.92 Å². The first kappa shape index (κ1) is 13.4. The van der Waals surface area contributed by atoms with Gasteiger partial charge in [0.25, 0.3) is 5.69 Å². The Balaban J connectivity index is 1.76. The lowest BCUT2D eigenvalue weighted by atomic mass is 10.1. The van der Waals surface area contributed by atoms with Crippen molar-refractivity contribution in [2.45, 2.75) is 38.2 Å². The highest BCUT2D eigenvalue weighted by Gasteiger charge is 2.28. The van der Waals surface area contributed by atoms with Crippen molar-refractivity contribution in [3.63, 3.8) is 0 Å². The molecule has 1 heterocycles. The second-order valence-corrected chi connectivity index (χ2v) is 5.71. The molecule has 0 amide bonds. The molecule has 0 radical (unpaired) electrons. The van der Waals surface area contributed by atoms with E-state index in [-0.39, 0.29) is 16.7 Å². The lowest BCUT2D eigenvalue weighted by molar-refractivity contribution is -0.385. The first-order chi connectivity index (χ1) is 9.65. The molecule has 1 aromatic rings. The van der Waals surface area contributed by atoms with Crippen LogP contribution in [0.2, 0.25) is 0 Å². The van der Waals surface area contributed by atoms with Gasteiger partial charge in [0.2, 0.25) is 0 Å². The van der Waals surface area contributed by atoms with E-state index in [1.807, 2.05) is 6.07 Å². The zero-order valence-corrected chi connectivity index (χ0v) is 11.7. The van der Waals surface area contributed by atoms with Crippen molar-refractivity contribution in [1.29, 1.82) is 0 Å². The summed E-state index contributed by atoms with van der Waals surface area (Å²) in [5, 5.41) is 11.0. The van der Waals surface area contributed by atoms with E-state index in [4.69, 9.17) is 4.74 Å². The van der Waals surface area contributed by atoms with Gasteiger partial charge < -0.3 is 4.74 Å². The fourth-order valence-electron chi connectivity index (χ4n) is 2.80. The predicted octanol–water partition coefficient (Wildman–Crippen LogP) is 2.95. The van der Waals surface area contributed by atoms with Gasteiger partial charge in [-0.05, 0) is 43.4 Å². The van der Waals surface area contributed by atoms with Crippen molar-refractivity contribution in [1.82, 2.24) is 4.90 Å². The number of non-ortho nitro benzene ring substituents is 1. The van der Waals surface area contributed by atoms with Gasteiger partial charge >= 0.3 is 0 Å². The van der Waals surface area contributed by atoms with Gasteiger partial charge in [0.05, 0.1) is 11.0 Å². The molecular formula is C15H20N2O3. The molecule has 2 aliphatic rings. The second kappa shape index (κ2) is 5.40. The lowest BCUT2D eigenvalue weighted by Gasteiger charge is -2.15. The lowest BCUT2D eigenvalue weighted by Crippen LogP contribution is -2.24. The summed E-state index contributed by atoms with van der Waals surface area (Å²) in [4.78, 5) is 13.0. The average Bonchev–Trinajstić information content (AvgIpc) is 3.19. The number of nitro groups is 1. The van der Waals surface area contributed by atoms with Crippen LogP contribution in [0.5, 0.6) is 5.75 Å². The quantitative estimate of drug-likeness (QED) is 0.613. The van der Waals surface area contributed by atoms with E-state index < -0.39 is 0 Å². The average molecular weight is 276 g/mol. The molecule has 1 atom stereocenters. The van der Waals surface area contributed by atoms with E-state index in [1.54, 1.807) is 12.1 Å². The van der Waals surface area contributed by atoms with Crippen LogP contribution in [0.4, 0.5) is 5.69 Å². The molecule has 0 spiro atoms. The normalized spacial score (nSPS) is 22.9. The monoisotopic (exact) mass is 276 g/mol. The van der Waals surface area contributed by atoms with Gasteiger partial charge in [-0.3, -0.25) is 15.0 Å². The van der Waals surface area contributed by atoms with Crippen molar-refractivity contribution < 1.29 is 9.66 Å². The predicted molar refractivity (Wildman–Crippen MR) is 76.2 cm³/mol. The van der Waals surface area contributed by atoms with Gasteiger partial charge in [-0.25, -0.2) is 0 Å². The van der Waals surface area contributed by atoms with Crippen molar-refractivity contribution in [3.05, 3.63) is 33.9 Å². The molecule has 0 unspecified atom stereocenters. The van der Waals surface area contributed by atoms with Crippen LogP contribution in [0.3, 0.4) is 0 Å². The van der Waals surface area contributed by atoms with Crippen LogP contribution in [-0.4, -0.2) is 35.6 Å². The molecular weight excluding hydrogens is 256 g/mol. The van der Waals surface area contributed by atoms with Gasteiger partial charge in [0.1, 0.15) is 11.9 Å². The molecule has 5 heteroatoms. The summed E-state index contributed by atoms with van der Waals surface area (Å²) >= 11 is 0. The molecule has 1 saturated heterocycles. The molecule has 1 aliphatic heterocycles. The Morgan fingerprint density at radius 2 is 2.15 bits per heavy atom. The van der Waals surface area contributed by atoms with Crippen LogP contribution in [0.15, 0.2) is 18.2 Å². The number of nitrogens with zero attached hydrogens (tertiary/aromatic N) is 2. The third kappa shape index (κ3) is 2.93. The molecule has 1 aromatic carbocycles. The van der Waals surface area contributed by atoms with E-state index in [1.165, 1.54) is 0 Å². The van der Waals surface area contributed by atoms with E-state index >= 15 is 0 Å². The molecule has 108 valence electrons. The smallest absolute Gasteiger partial charge is 0.273 e. The molecule has 0 aromatic heterocycles. The van der Waals surface area contributed by atoms with Gasteiger partial charge in [0, 0.05) is 19.2 Å². The largest absolute Gasteiger partial charge is 0.489 e. The minimum atomic E-state index is -0.328. The minimum absolute atomic E-state index is 0.148. The summed E-state index contributed by atoms with van der Waals surface area (Å²) in [6.45, 7) is 5.13. The van der Waals surface area contributed by atoms with Crippen molar-refractivity contribution in [2.75, 3.05) is 19.6 Å². The Morgan fingerprint density at radius 3 is 2.75 bits per heavy atom. The standard InChI is InChI=1S/C15H20N2O3/c1-2-16-6-5-14(10-16)20-15-8-12(11-3-4-11)7-13(9-15)17(18)19/h7-9,11,14H,2-6,10H2,1H3/t14-/m1/s1. The van der Waals surface area contributed by atoms with Gasteiger partial charge in [-0.2, -0.15) is 0 Å². The zero-order chi connectivity index (χ0) is 14.1. The molecule has 2 fully saturated rings. The van der Waals surface area contributed by atoms with Gasteiger partial charge in [0.15, 0.2) is 0 Å². The molecule has 1 aliphatic carbocycles. The first-order valence-electron chi connectivity index (χ1n) is 7.34. The van der Waals surface area contributed by atoms with E-state index in [0.29, 0.717) is 11.7 Å². The summed E-state index contributed by atoms with van der Waals surface area (Å²) in [6.07, 6.45) is 3.42. The molecule has 5 nitrogen and oxygen atoms in total.